The number of aromatic nitrogens is 2. The maximum atomic E-state index is 12.0. The van der Waals surface area contributed by atoms with Crippen molar-refractivity contribution in [2.24, 2.45) is 0 Å². The van der Waals surface area contributed by atoms with Crippen LogP contribution in [0.5, 0.6) is 0 Å². The molecule has 0 aliphatic carbocycles. The molecule has 0 unspecified atom stereocenters. The zero-order valence-electron chi connectivity index (χ0n) is 12.8. The lowest BCUT2D eigenvalue weighted by atomic mass is 10.2. The van der Waals surface area contributed by atoms with Gasteiger partial charge in [-0.25, -0.2) is 4.79 Å². The minimum Gasteiger partial charge on any atom is -0.394 e. The second kappa shape index (κ2) is 7.58. The van der Waals surface area contributed by atoms with Gasteiger partial charge in [-0.15, -0.1) is 0 Å². The number of nitrogens with zero attached hydrogens (tertiary/aromatic N) is 3. The Bertz CT molecular complexity index is 624. The van der Waals surface area contributed by atoms with Gasteiger partial charge in [-0.2, -0.15) is 5.10 Å². The van der Waals surface area contributed by atoms with Crippen LogP contribution in [0, 0.1) is 0 Å². The molecule has 7 heteroatoms. The van der Waals surface area contributed by atoms with E-state index in [0.29, 0.717) is 12.2 Å². The summed E-state index contributed by atoms with van der Waals surface area (Å²) in [6.45, 7) is 1.22. The summed E-state index contributed by atoms with van der Waals surface area (Å²) in [4.78, 5) is 14.0. The summed E-state index contributed by atoms with van der Waals surface area (Å²) in [6, 6.07) is 7.38. The number of nitrogens with one attached hydrogen (secondary N) is 2. The number of aliphatic hydroxyl groups is 1. The predicted octanol–water partition coefficient (Wildman–Crippen LogP) is 1.58. The fourth-order valence-corrected chi connectivity index (χ4v) is 2.06. The van der Waals surface area contributed by atoms with Crippen LogP contribution < -0.4 is 10.6 Å². The summed E-state index contributed by atoms with van der Waals surface area (Å²) >= 11 is 0. The standard InChI is InChI=1S/C15H21N5O2/c1-19(2)10-12-4-3-5-13(8-12)17-15(22)18-14-9-16-20(11-14)6-7-21/h3-5,8-9,11,21H,6-7,10H2,1-2H3,(H2,17,18,22). The summed E-state index contributed by atoms with van der Waals surface area (Å²) < 4.78 is 1.56. The maximum absolute atomic E-state index is 12.0. The number of benzene rings is 1. The largest absolute Gasteiger partial charge is 0.394 e. The molecule has 1 aromatic carbocycles. The Hall–Kier alpha value is -2.38. The molecule has 0 atom stereocenters. The summed E-state index contributed by atoms with van der Waals surface area (Å²) in [5.41, 5.74) is 2.44. The first kappa shape index (κ1) is 16.0. The topological polar surface area (TPSA) is 82.4 Å². The van der Waals surface area contributed by atoms with Crippen molar-refractivity contribution < 1.29 is 9.90 Å². The van der Waals surface area contributed by atoms with Crippen LogP contribution in [-0.4, -0.2) is 46.5 Å². The Kier molecular flexibility index (Phi) is 5.51. The molecule has 22 heavy (non-hydrogen) atoms. The van der Waals surface area contributed by atoms with Crippen LogP contribution in [0.25, 0.3) is 0 Å². The zero-order chi connectivity index (χ0) is 15.9. The second-order valence-corrected chi connectivity index (χ2v) is 5.23. The van der Waals surface area contributed by atoms with Crippen LogP contribution >= 0.6 is 0 Å². The minimum absolute atomic E-state index is 0.00594. The molecule has 0 aliphatic heterocycles. The minimum atomic E-state index is -0.328. The molecule has 0 radical (unpaired) electrons. The van der Waals surface area contributed by atoms with E-state index in [1.54, 1.807) is 10.9 Å². The first-order valence-corrected chi connectivity index (χ1v) is 7.02. The van der Waals surface area contributed by atoms with Crippen LogP contribution in [0.15, 0.2) is 36.7 Å². The van der Waals surface area contributed by atoms with E-state index in [1.807, 2.05) is 38.4 Å². The van der Waals surface area contributed by atoms with Gasteiger partial charge < -0.3 is 20.6 Å². The van der Waals surface area contributed by atoms with Crippen molar-refractivity contribution in [3.8, 4) is 0 Å². The van der Waals surface area contributed by atoms with Crippen molar-refractivity contribution >= 4 is 17.4 Å². The number of urea groups is 1. The molecule has 1 aromatic heterocycles. The summed E-state index contributed by atoms with van der Waals surface area (Å²) in [7, 11) is 3.99. The highest BCUT2D eigenvalue weighted by molar-refractivity contribution is 5.99. The van der Waals surface area contributed by atoms with Crippen molar-refractivity contribution in [1.29, 1.82) is 0 Å². The molecule has 0 fully saturated rings. The second-order valence-electron chi connectivity index (χ2n) is 5.23. The molecule has 0 spiro atoms. The van der Waals surface area contributed by atoms with E-state index in [0.717, 1.165) is 17.8 Å². The fourth-order valence-electron chi connectivity index (χ4n) is 2.06. The van der Waals surface area contributed by atoms with Gasteiger partial charge in [0.25, 0.3) is 0 Å². The van der Waals surface area contributed by atoms with Crippen LogP contribution in [0.3, 0.4) is 0 Å². The predicted molar refractivity (Wildman–Crippen MR) is 85.8 cm³/mol. The van der Waals surface area contributed by atoms with Crippen molar-refractivity contribution in [2.75, 3.05) is 31.3 Å². The molecule has 0 aliphatic rings. The smallest absolute Gasteiger partial charge is 0.323 e. The average molecular weight is 303 g/mol. The SMILES string of the molecule is CN(C)Cc1cccc(NC(=O)Nc2cnn(CCO)c2)c1. The highest BCUT2D eigenvalue weighted by Crippen LogP contribution is 2.13. The maximum Gasteiger partial charge on any atom is 0.323 e. The van der Waals surface area contributed by atoms with Crippen molar-refractivity contribution in [2.45, 2.75) is 13.1 Å². The van der Waals surface area contributed by atoms with E-state index in [-0.39, 0.29) is 12.6 Å². The highest BCUT2D eigenvalue weighted by Gasteiger charge is 2.05. The highest BCUT2D eigenvalue weighted by atomic mass is 16.3. The number of hydrogen-bond acceptors (Lipinski definition) is 4. The Morgan fingerprint density at radius 1 is 1.32 bits per heavy atom. The number of aliphatic hydroxyl groups excluding tert-OH is 1. The number of rotatable bonds is 6. The van der Waals surface area contributed by atoms with Gasteiger partial charge in [0.1, 0.15) is 0 Å². The molecule has 0 saturated carbocycles. The number of carbonyl (C=O) groups is 1. The number of carbonyl (C=O) groups excluding carboxylic acids is 1. The van der Waals surface area contributed by atoms with Gasteiger partial charge >= 0.3 is 6.03 Å². The molecular weight excluding hydrogens is 282 g/mol. The number of amides is 2. The molecule has 0 bridgehead atoms. The van der Waals surface area contributed by atoms with Crippen LogP contribution in [-0.2, 0) is 13.1 Å². The van der Waals surface area contributed by atoms with Gasteiger partial charge in [-0.3, -0.25) is 4.68 Å². The van der Waals surface area contributed by atoms with Gasteiger partial charge in [0.2, 0.25) is 0 Å². The Balaban J connectivity index is 1.93. The third kappa shape index (κ3) is 4.87. The first-order valence-electron chi connectivity index (χ1n) is 7.02. The van der Waals surface area contributed by atoms with Gasteiger partial charge in [-0.1, -0.05) is 12.1 Å². The summed E-state index contributed by atoms with van der Waals surface area (Å²) in [5.74, 6) is 0. The number of hydrogen-bond donors (Lipinski definition) is 3. The molecule has 1 heterocycles. The van der Waals surface area contributed by atoms with E-state index in [4.69, 9.17) is 5.11 Å². The molecule has 3 N–H and O–H groups in total. The lowest BCUT2D eigenvalue weighted by Crippen LogP contribution is -2.19. The lowest BCUT2D eigenvalue weighted by molar-refractivity contribution is 0.262. The van der Waals surface area contributed by atoms with Crippen LogP contribution in [0.1, 0.15) is 5.56 Å². The Morgan fingerprint density at radius 3 is 2.82 bits per heavy atom. The van der Waals surface area contributed by atoms with E-state index < -0.39 is 0 Å². The van der Waals surface area contributed by atoms with Gasteiger partial charge in [0.15, 0.2) is 0 Å². The lowest BCUT2D eigenvalue weighted by Gasteiger charge is -2.11. The van der Waals surface area contributed by atoms with Crippen molar-refractivity contribution in [1.82, 2.24) is 14.7 Å². The van der Waals surface area contributed by atoms with E-state index in [1.165, 1.54) is 6.20 Å². The van der Waals surface area contributed by atoms with E-state index in [2.05, 4.69) is 20.6 Å². The third-order valence-electron chi connectivity index (χ3n) is 2.90. The Morgan fingerprint density at radius 2 is 2.09 bits per heavy atom. The van der Waals surface area contributed by atoms with Crippen LogP contribution in [0.2, 0.25) is 0 Å². The van der Waals surface area contributed by atoms with Crippen molar-refractivity contribution in [3.05, 3.63) is 42.2 Å². The zero-order valence-corrected chi connectivity index (χ0v) is 12.8. The molecule has 2 rings (SSSR count). The monoisotopic (exact) mass is 303 g/mol. The van der Waals surface area contributed by atoms with Crippen LogP contribution in [0.4, 0.5) is 16.2 Å². The van der Waals surface area contributed by atoms with Gasteiger partial charge in [0.05, 0.1) is 25.0 Å². The quantitative estimate of drug-likeness (QED) is 0.756. The van der Waals surface area contributed by atoms with Crippen molar-refractivity contribution in [3.63, 3.8) is 0 Å². The molecule has 7 nitrogen and oxygen atoms in total. The number of anilines is 2. The molecule has 2 aromatic rings. The fraction of sp³-hybridized carbons (Fsp3) is 0.333. The molecule has 0 saturated heterocycles. The summed E-state index contributed by atoms with van der Waals surface area (Å²) in [5, 5.41) is 18.3. The van der Waals surface area contributed by atoms with E-state index in [9.17, 15) is 4.79 Å². The van der Waals surface area contributed by atoms with Gasteiger partial charge in [-0.05, 0) is 31.8 Å². The molecule has 118 valence electrons. The third-order valence-corrected chi connectivity index (χ3v) is 2.90. The Labute approximate surface area is 129 Å². The van der Waals surface area contributed by atoms with Gasteiger partial charge in [0, 0.05) is 18.4 Å². The summed E-state index contributed by atoms with van der Waals surface area (Å²) in [6.07, 6.45) is 3.20. The normalized spacial score (nSPS) is 10.7. The molecule has 2 amide bonds. The average Bonchev–Trinajstić information content (AvgIpc) is 2.86. The van der Waals surface area contributed by atoms with E-state index >= 15 is 0 Å². The first-order chi connectivity index (χ1) is 10.6. The molecular formula is C15H21N5O2.